The van der Waals surface area contributed by atoms with Gasteiger partial charge in [0.25, 0.3) is 0 Å². The molecule has 0 atom stereocenters. The number of fused-ring (bicyclic) bond motifs is 1. The molecule has 1 N–H and O–H groups in total. The summed E-state index contributed by atoms with van der Waals surface area (Å²) in [6, 6.07) is 13.0. The van der Waals surface area contributed by atoms with E-state index in [0.29, 0.717) is 6.54 Å². The van der Waals surface area contributed by atoms with E-state index in [0.717, 1.165) is 10.4 Å². The maximum absolute atomic E-state index is 13.3. The number of nitrogens with one attached hydrogen (secondary N) is 1. The van der Waals surface area contributed by atoms with Crippen molar-refractivity contribution in [3.8, 4) is 0 Å². The van der Waals surface area contributed by atoms with Crippen LogP contribution in [0.2, 0.25) is 0 Å². The number of nitrogens with zero attached hydrogens (tertiary/aromatic N) is 5. The molecular weight excluding hydrogens is 377 g/mol. The van der Waals surface area contributed by atoms with Gasteiger partial charge >= 0.3 is 6.18 Å². The van der Waals surface area contributed by atoms with Gasteiger partial charge in [0.2, 0.25) is 5.82 Å². The predicted octanol–water partition coefficient (Wildman–Crippen LogP) is 3.96. The van der Waals surface area contributed by atoms with E-state index < -0.39 is 12.0 Å². The zero-order chi connectivity index (χ0) is 18.9. The molecule has 0 fully saturated rings. The minimum Gasteiger partial charge on any atom is -0.363 e. The van der Waals surface area contributed by atoms with Crippen molar-refractivity contribution in [2.45, 2.75) is 19.3 Å². The second-order valence-corrected chi connectivity index (χ2v) is 6.76. The quantitative estimate of drug-likeness (QED) is 0.559. The molecule has 3 aromatic heterocycles. The van der Waals surface area contributed by atoms with Crippen LogP contribution in [-0.2, 0) is 19.3 Å². The Kier molecular flexibility index (Phi) is 4.48. The standard InChI is InChI=1S/C17H13F3N6S/c18-17(19,20)16-22-14(21-9-12-7-4-8-27-12)13-15(23-16)26(25-24-13)10-11-5-2-1-3-6-11/h1-8H,9-10H2,(H,21,22,23). The van der Waals surface area contributed by atoms with Crippen molar-refractivity contribution in [1.29, 1.82) is 0 Å². The van der Waals surface area contributed by atoms with Crippen LogP contribution < -0.4 is 5.32 Å². The summed E-state index contributed by atoms with van der Waals surface area (Å²) in [5, 5.41) is 12.8. The lowest BCUT2D eigenvalue weighted by Gasteiger charge is -2.10. The number of hydrogen-bond acceptors (Lipinski definition) is 6. The molecule has 1 aromatic carbocycles. The fraction of sp³-hybridized carbons (Fsp3) is 0.176. The second-order valence-electron chi connectivity index (χ2n) is 5.73. The summed E-state index contributed by atoms with van der Waals surface area (Å²) in [5.41, 5.74) is 1.12. The summed E-state index contributed by atoms with van der Waals surface area (Å²) in [5.74, 6) is -1.21. The minimum atomic E-state index is -4.67. The Bertz CT molecular complexity index is 1040. The van der Waals surface area contributed by atoms with Gasteiger partial charge in [-0.05, 0) is 17.0 Å². The summed E-state index contributed by atoms with van der Waals surface area (Å²) in [4.78, 5) is 8.27. The third-order valence-electron chi connectivity index (χ3n) is 3.80. The molecule has 0 aliphatic carbocycles. The predicted molar refractivity (Wildman–Crippen MR) is 95.3 cm³/mol. The highest BCUT2D eigenvalue weighted by molar-refractivity contribution is 7.09. The van der Waals surface area contributed by atoms with E-state index >= 15 is 0 Å². The van der Waals surface area contributed by atoms with E-state index in [-0.39, 0.29) is 23.5 Å². The molecule has 6 nitrogen and oxygen atoms in total. The Balaban J connectivity index is 1.74. The van der Waals surface area contributed by atoms with Crippen LogP contribution in [0.1, 0.15) is 16.3 Å². The third-order valence-corrected chi connectivity index (χ3v) is 4.68. The molecule has 0 radical (unpaired) electrons. The Morgan fingerprint density at radius 1 is 1.04 bits per heavy atom. The van der Waals surface area contributed by atoms with E-state index in [2.05, 4.69) is 25.6 Å². The maximum atomic E-state index is 13.3. The number of aromatic nitrogens is 5. The second kappa shape index (κ2) is 6.95. The molecule has 0 spiro atoms. The molecular formula is C17H13F3N6S. The van der Waals surface area contributed by atoms with Crippen LogP contribution in [0.4, 0.5) is 19.0 Å². The van der Waals surface area contributed by atoms with Crippen LogP contribution in [-0.4, -0.2) is 25.0 Å². The summed E-state index contributed by atoms with van der Waals surface area (Å²) in [7, 11) is 0. The lowest BCUT2D eigenvalue weighted by atomic mass is 10.2. The highest BCUT2D eigenvalue weighted by Crippen LogP contribution is 2.30. The van der Waals surface area contributed by atoms with Crippen molar-refractivity contribution in [2.75, 3.05) is 5.32 Å². The molecule has 4 aromatic rings. The smallest absolute Gasteiger partial charge is 0.363 e. The average Bonchev–Trinajstić information content (AvgIpc) is 3.30. The first-order valence-corrected chi connectivity index (χ1v) is 8.87. The third kappa shape index (κ3) is 3.75. The Hall–Kier alpha value is -3.01. The highest BCUT2D eigenvalue weighted by Gasteiger charge is 2.36. The van der Waals surface area contributed by atoms with Crippen LogP contribution in [0.5, 0.6) is 0 Å². The number of anilines is 1. The SMILES string of the molecule is FC(F)(F)c1nc(NCc2cccs2)c2nnn(Cc3ccccc3)c2n1. The van der Waals surface area contributed by atoms with Crippen molar-refractivity contribution in [2.24, 2.45) is 0 Å². The molecule has 3 heterocycles. The molecule has 0 saturated heterocycles. The number of hydrogen-bond donors (Lipinski definition) is 1. The molecule has 10 heteroatoms. The van der Waals surface area contributed by atoms with Crippen molar-refractivity contribution in [1.82, 2.24) is 25.0 Å². The topological polar surface area (TPSA) is 68.5 Å². The number of rotatable bonds is 5. The van der Waals surface area contributed by atoms with Gasteiger partial charge in [0.15, 0.2) is 17.0 Å². The molecule has 0 aliphatic heterocycles. The first kappa shape index (κ1) is 17.4. The van der Waals surface area contributed by atoms with Gasteiger partial charge in [-0.1, -0.05) is 41.6 Å². The molecule has 0 unspecified atom stereocenters. The van der Waals surface area contributed by atoms with Crippen LogP contribution in [0.25, 0.3) is 11.2 Å². The normalized spacial score (nSPS) is 11.8. The number of halogens is 3. The Morgan fingerprint density at radius 3 is 2.56 bits per heavy atom. The molecule has 4 rings (SSSR count). The zero-order valence-corrected chi connectivity index (χ0v) is 14.6. The van der Waals surface area contributed by atoms with Crippen molar-refractivity contribution in [3.63, 3.8) is 0 Å². The van der Waals surface area contributed by atoms with Gasteiger partial charge in [-0.3, -0.25) is 0 Å². The van der Waals surface area contributed by atoms with Gasteiger partial charge in [0.1, 0.15) is 0 Å². The minimum absolute atomic E-state index is 0.0139. The average molecular weight is 390 g/mol. The van der Waals surface area contributed by atoms with Crippen molar-refractivity contribution < 1.29 is 13.2 Å². The van der Waals surface area contributed by atoms with Gasteiger partial charge in [0, 0.05) is 4.88 Å². The number of thiophene rings is 1. The molecule has 27 heavy (non-hydrogen) atoms. The lowest BCUT2D eigenvalue weighted by molar-refractivity contribution is -0.144. The van der Waals surface area contributed by atoms with Gasteiger partial charge in [-0.15, -0.1) is 16.4 Å². The van der Waals surface area contributed by atoms with Gasteiger partial charge in [-0.25, -0.2) is 14.6 Å². The molecule has 138 valence electrons. The van der Waals surface area contributed by atoms with Crippen LogP contribution in [0.3, 0.4) is 0 Å². The zero-order valence-electron chi connectivity index (χ0n) is 13.8. The first-order chi connectivity index (χ1) is 13.0. The highest BCUT2D eigenvalue weighted by atomic mass is 32.1. The summed E-state index contributed by atoms with van der Waals surface area (Å²) in [6.45, 7) is 0.600. The molecule has 0 bridgehead atoms. The lowest BCUT2D eigenvalue weighted by Crippen LogP contribution is -2.14. The molecule has 0 aliphatic rings. The van der Waals surface area contributed by atoms with E-state index in [4.69, 9.17) is 0 Å². The van der Waals surface area contributed by atoms with E-state index in [1.54, 1.807) is 0 Å². The van der Waals surface area contributed by atoms with E-state index in [1.165, 1.54) is 16.0 Å². The Morgan fingerprint density at radius 2 is 1.85 bits per heavy atom. The monoisotopic (exact) mass is 390 g/mol. The first-order valence-electron chi connectivity index (χ1n) is 7.99. The fourth-order valence-electron chi connectivity index (χ4n) is 2.55. The summed E-state index contributed by atoms with van der Waals surface area (Å²) < 4.78 is 41.2. The van der Waals surface area contributed by atoms with E-state index in [9.17, 15) is 13.2 Å². The van der Waals surface area contributed by atoms with Crippen LogP contribution >= 0.6 is 11.3 Å². The van der Waals surface area contributed by atoms with Crippen LogP contribution in [0.15, 0.2) is 47.8 Å². The summed E-state index contributed by atoms with van der Waals surface area (Å²) >= 11 is 1.49. The maximum Gasteiger partial charge on any atom is 0.451 e. The van der Waals surface area contributed by atoms with Crippen molar-refractivity contribution in [3.05, 3.63) is 64.1 Å². The van der Waals surface area contributed by atoms with E-state index in [1.807, 2.05) is 47.8 Å². The number of benzene rings is 1. The molecule has 0 saturated carbocycles. The van der Waals surface area contributed by atoms with Gasteiger partial charge < -0.3 is 5.32 Å². The number of alkyl halides is 3. The fourth-order valence-corrected chi connectivity index (χ4v) is 3.20. The van der Waals surface area contributed by atoms with Gasteiger partial charge in [-0.2, -0.15) is 13.2 Å². The van der Waals surface area contributed by atoms with Gasteiger partial charge in [0.05, 0.1) is 13.1 Å². The van der Waals surface area contributed by atoms with Crippen LogP contribution in [0, 0.1) is 0 Å². The molecule has 0 amide bonds. The van der Waals surface area contributed by atoms with Crippen molar-refractivity contribution >= 4 is 28.3 Å². The summed E-state index contributed by atoms with van der Waals surface area (Å²) in [6.07, 6.45) is -4.67. The Labute approximate surface area is 155 Å². The largest absolute Gasteiger partial charge is 0.451 e.